The molecule has 0 unspecified atom stereocenters. The number of hydrogen-bond acceptors (Lipinski definition) is 5. The van der Waals surface area contributed by atoms with Crippen molar-refractivity contribution in [3.63, 3.8) is 0 Å². The van der Waals surface area contributed by atoms with Gasteiger partial charge in [-0.25, -0.2) is 4.98 Å². The van der Waals surface area contributed by atoms with Crippen LogP contribution in [0.3, 0.4) is 0 Å². The van der Waals surface area contributed by atoms with Gasteiger partial charge >= 0.3 is 0 Å². The lowest BCUT2D eigenvalue weighted by Gasteiger charge is -2.31. The Morgan fingerprint density at radius 3 is 2.64 bits per heavy atom. The average molecular weight is 381 g/mol. The van der Waals surface area contributed by atoms with Crippen LogP contribution in [0.15, 0.2) is 24.3 Å². The largest absolute Gasteiger partial charge is 0.386 e. The lowest BCUT2D eigenvalue weighted by Crippen LogP contribution is -2.32. The molecule has 4 rings (SSSR count). The third-order valence-corrected chi connectivity index (χ3v) is 6.07. The van der Waals surface area contributed by atoms with Crippen molar-refractivity contribution >= 4 is 11.8 Å². The van der Waals surface area contributed by atoms with E-state index in [1.165, 1.54) is 36.8 Å². The van der Waals surface area contributed by atoms with Crippen molar-refractivity contribution in [1.82, 2.24) is 9.97 Å². The van der Waals surface area contributed by atoms with Gasteiger partial charge in [-0.05, 0) is 56.2 Å². The summed E-state index contributed by atoms with van der Waals surface area (Å²) in [5, 5.41) is 13.9. The second-order valence-electron chi connectivity index (χ2n) is 8.73. The first kappa shape index (κ1) is 19.2. The minimum Gasteiger partial charge on any atom is -0.386 e. The number of nitrogens with zero attached hydrogens (tertiary/aromatic N) is 3. The van der Waals surface area contributed by atoms with Gasteiger partial charge in [0.25, 0.3) is 0 Å². The fraction of sp³-hybridized carbons (Fsp3) is 0.565. The Morgan fingerprint density at radius 2 is 1.93 bits per heavy atom. The van der Waals surface area contributed by atoms with Gasteiger partial charge in [-0.1, -0.05) is 38.0 Å². The molecule has 1 saturated carbocycles. The second kappa shape index (κ2) is 7.70. The van der Waals surface area contributed by atoms with Gasteiger partial charge in [0.05, 0.1) is 5.60 Å². The van der Waals surface area contributed by atoms with E-state index in [0.29, 0.717) is 6.04 Å². The Balaban J connectivity index is 1.56. The summed E-state index contributed by atoms with van der Waals surface area (Å²) < 4.78 is 0. The third kappa shape index (κ3) is 4.14. The molecule has 0 bridgehead atoms. The highest BCUT2D eigenvalue weighted by atomic mass is 16.3. The normalized spacial score (nSPS) is 17.6. The van der Waals surface area contributed by atoms with Crippen LogP contribution in [-0.4, -0.2) is 27.7 Å². The molecule has 1 fully saturated rings. The summed E-state index contributed by atoms with van der Waals surface area (Å²) >= 11 is 0. The Kier molecular flexibility index (Phi) is 5.28. The summed E-state index contributed by atoms with van der Waals surface area (Å²) in [6.07, 6.45) is 6.91. The van der Waals surface area contributed by atoms with Crippen molar-refractivity contribution in [2.45, 2.75) is 77.5 Å². The summed E-state index contributed by atoms with van der Waals surface area (Å²) in [7, 11) is 0. The Morgan fingerprint density at radius 1 is 1.14 bits per heavy atom. The highest BCUT2D eigenvalue weighted by Crippen LogP contribution is 2.29. The van der Waals surface area contributed by atoms with Crippen LogP contribution >= 0.6 is 0 Å². The number of aromatic nitrogens is 2. The smallest absolute Gasteiger partial charge is 0.225 e. The van der Waals surface area contributed by atoms with Crippen LogP contribution in [0.25, 0.3) is 0 Å². The molecule has 2 aliphatic rings. The number of benzene rings is 1. The Labute approximate surface area is 168 Å². The maximum absolute atomic E-state index is 10.3. The molecule has 5 nitrogen and oxygen atoms in total. The maximum Gasteiger partial charge on any atom is 0.225 e. The Hall–Kier alpha value is -2.14. The van der Waals surface area contributed by atoms with E-state index in [9.17, 15) is 5.11 Å². The number of aliphatic hydroxyl groups is 1. The fourth-order valence-corrected chi connectivity index (χ4v) is 4.27. The van der Waals surface area contributed by atoms with E-state index in [1.54, 1.807) is 0 Å². The molecule has 28 heavy (non-hydrogen) atoms. The van der Waals surface area contributed by atoms with Crippen molar-refractivity contribution in [2.24, 2.45) is 0 Å². The quantitative estimate of drug-likeness (QED) is 0.815. The number of nitrogens with one attached hydrogen (secondary N) is 1. The fourth-order valence-electron chi connectivity index (χ4n) is 4.27. The number of hydrogen-bond donors (Lipinski definition) is 2. The van der Waals surface area contributed by atoms with Crippen LogP contribution in [0.4, 0.5) is 11.8 Å². The van der Waals surface area contributed by atoms with Crippen LogP contribution in [0.1, 0.15) is 68.8 Å². The molecule has 1 aromatic heterocycles. The molecule has 2 heterocycles. The molecule has 1 aromatic carbocycles. The van der Waals surface area contributed by atoms with Crippen LogP contribution in [-0.2, 0) is 25.0 Å². The lowest BCUT2D eigenvalue weighted by molar-refractivity contribution is 0.0785. The van der Waals surface area contributed by atoms with Gasteiger partial charge in [-0.3, -0.25) is 0 Å². The molecular formula is C23H32N4O. The maximum atomic E-state index is 10.3. The zero-order valence-electron chi connectivity index (χ0n) is 17.3. The Bertz CT molecular complexity index is 837. The number of fused-ring (bicyclic) bond motifs is 1. The lowest BCUT2D eigenvalue weighted by atomic mass is 9.91. The van der Waals surface area contributed by atoms with Gasteiger partial charge < -0.3 is 15.3 Å². The van der Waals surface area contributed by atoms with E-state index in [1.807, 2.05) is 19.9 Å². The van der Waals surface area contributed by atoms with Gasteiger partial charge in [0.15, 0.2) is 0 Å². The first-order chi connectivity index (χ1) is 13.4. The predicted octanol–water partition coefficient (Wildman–Crippen LogP) is 4.18. The van der Waals surface area contributed by atoms with E-state index in [4.69, 9.17) is 9.97 Å². The van der Waals surface area contributed by atoms with E-state index < -0.39 is 5.60 Å². The number of anilines is 2. The molecule has 0 amide bonds. The number of rotatable bonds is 5. The summed E-state index contributed by atoms with van der Waals surface area (Å²) in [5.41, 5.74) is 3.94. The minimum atomic E-state index is -0.796. The van der Waals surface area contributed by atoms with E-state index in [2.05, 4.69) is 35.3 Å². The summed E-state index contributed by atoms with van der Waals surface area (Å²) in [6.45, 7) is 7.62. The minimum absolute atomic E-state index is 0.516. The standard InChI is InChI=1S/C23H32N4O/c1-4-19-14-21(26-22(24-19)25-20-7-5-6-8-20)27-12-11-16-13-18(23(2,3)28)10-9-17(16)15-27/h9-10,13-14,20,28H,4-8,11-12,15H2,1-3H3,(H,24,25,26). The molecule has 0 radical (unpaired) electrons. The molecule has 0 spiro atoms. The van der Waals surface area contributed by atoms with E-state index in [0.717, 1.165) is 49.0 Å². The molecule has 1 aliphatic heterocycles. The van der Waals surface area contributed by atoms with Gasteiger partial charge in [0.1, 0.15) is 5.82 Å². The second-order valence-corrected chi connectivity index (χ2v) is 8.73. The van der Waals surface area contributed by atoms with Crippen molar-refractivity contribution in [3.8, 4) is 0 Å². The van der Waals surface area contributed by atoms with E-state index in [-0.39, 0.29) is 0 Å². The van der Waals surface area contributed by atoms with Crippen molar-refractivity contribution < 1.29 is 5.11 Å². The molecule has 0 saturated heterocycles. The predicted molar refractivity (Wildman–Crippen MR) is 114 cm³/mol. The van der Waals surface area contributed by atoms with Crippen molar-refractivity contribution in [3.05, 3.63) is 46.6 Å². The molecular weight excluding hydrogens is 348 g/mol. The highest BCUT2D eigenvalue weighted by molar-refractivity contribution is 5.49. The summed E-state index contributed by atoms with van der Waals surface area (Å²) in [5.74, 6) is 1.80. The zero-order chi connectivity index (χ0) is 19.7. The highest BCUT2D eigenvalue weighted by Gasteiger charge is 2.23. The molecule has 2 aromatic rings. The molecule has 2 N–H and O–H groups in total. The topological polar surface area (TPSA) is 61.3 Å². The van der Waals surface area contributed by atoms with Crippen LogP contribution < -0.4 is 10.2 Å². The van der Waals surface area contributed by atoms with E-state index >= 15 is 0 Å². The average Bonchev–Trinajstić information content (AvgIpc) is 3.19. The number of aryl methyl sites for hydroxylation is 1. The van der Waals surface area contributed by atoms with Gasteiger partial charge in [0, 0.05) is 30.9 Å². The summed E-state index contributed by atoms with van der Waals surface area (Å²) in [4.78, 5) is 11.9. The molecule has 1 aliphatic carbocycles. The van der Waals surface area contributed by atoms with Crippen LogP contribution in [0.2, 0.25) is 0 Å². The molecule has 5 heteroatoms. The first-order valence-electron chi connectivity index (χ1n) is 10.7. The first-order valence-corrected chi connectivity index (χ1v) is 10.7. The zero-order valence-corrected chi connectivity index (χ0v) is 17.3. The summed E-state index contributed by atoms with van der Waals surface area (Å²) in [6, 6.07) is 9.02. The molecule has 150 valence electrons. The van der Waals surface area contributed by atoms with Gasteiger partial charge in [-0.15, -0.1) is 0 Å². The van der Waals surface area contributed by atoms with Crippen LogP contribution in [0.5, 0.6) is 0 Å². The third-order valence-electron chi connectivity index (χ3n) is 6.07. The van der Waals surface area contributed by atoms with Crippen molar-refractivity contribution in [2.75, 3.05) is 16.8 Å². The monoisotopic (exact) mass is 380 g/mol. The SMILES string of the molecule is CCc1cc(N2CCc3cc(C(C)(C)O)ccc3C2)nc(NC2CCCC2)n1. The van der Waals surface area contributed by atoms with Gasteiger partial charge in [0.2, 0.25) is 5.95 Å². The van der Waals surface area contributed by atoms with Crippen molar-refractivity contribution in [1.29, 1.82) is 0 Å². The van der Waals surface area contributed by atoms with Crippen LogP contribution in [0, 0.1) is 0 Å². The van der Waals surface area contributed by atoms with Gasteiger partial charge in [-0.2, -0.15) is 4.98 Å². The molecule has 0 atom stereocenters.